The maximum Gasteiger partial charge on any atom is 0.276 e. The molecule has 0 N–H and O–H groups in total. The van der Waals surface area contributed by atoms with Gasteiger partial charge in [0.1, 0.15) is 11.3 Å². The highest BCUT2D eigenvalue weighted by atomic mass is 16.5. The minimum atomic E-state index is -0.684. The van der Waals surface area contributed by atoms with Crippen LogP contribution >= 0.6 is 0 Å². The Morgan fingerprint density at radius 2 is 1.88 bits per heavy atom. The average molecular weight is 333 g/mol. The van der Waals surface area contributed by atoms with Crippen molar-refractivity contribution in [3.05, 3.63) is 17.5 Å². The van der Waals surface area contributed by atoms with E-state index in [1.165, 1.54) is 0 Å². The van der Waals surface area contributed by atoms with E-state index in [0.717, 1.165) is 32.2 Å². The standard InChI is InChI=1S/C18H27N3O3/c1-12(2)15-11-14(19-24-15)16(22)21-10-6-8-18(21)7-5-9-20(13(3)4)17(18)23/h11-13H,5-10H2,1-4H3. The summed E-state index contributed by atoms with van der Waals surface area (Å²) >= 11 is 0. The van der Waals surface area contributed by atoms with Gasteiger partial charge in [-0.25, -0.2) is 0 Å². The number of carbonyl (C=O) groups is 2. The van der Waals surface area contributed by atoms with Gasteiger partial charge in [0.25, 0.3) is 5.91 Å². The number of amides is 2. The van der Waals surface area contributed by atoms with Crippen LogP contribution in [0.4, 0.5) is 0 Å². The average Bonchev–Trinajstić information content (AvgIpc) is 3.17. The van der Waals surface area contributed by atoms with E-state index in [9.17, 15) is 9.59 Å². The molecule has 3 rings (SSSR count). The molecule has 0 aromatic carbocycles. The van der Waals surface area contributed by atoms with E-state index >= 15 is 0 Å². The summed E-state index contributed by atoms with van der Waals surface area (Å²) in [5.41, 5.74) is -0.370. The molecule has 0 aliphatic carbocycles. The zero-order chi connectivity index (χ0) is 17.5. The highest BCUT2D eigenvalue weighted by Gasteiger charge is 2.53. The molecule has 1 aromatic rings. The lowest BCUT2D eigenvalue weighted by molar-refractivity contribution is -0.147. The Morgan fingerprint density at radius 3 is 2.46 bits per heavy atom. The maximum absolute atomic E-state index is 13.1. The number of piperidine rings is 1. The van der Waals surface area contributed by atoms with Crippen LogP contribution < -0.4 is 0 Å². The van der Waals surface area contributed by atoms with Gasteiger partial charge in [0.2, 0.25) is 5.91 Å². The Balaban J connectivity index is 1.89. The highest BCUT2D eigenvalue weighted by Crippen LogP contribution is 2.39. The fraction of sp³-hybridized carbons (Fsp3) is 0.722. The zero-order valence-corrected chi connectivity index (χ0v) is 15.0. The summed E-state index contributed by atoms with van der Waals surface area (Å²) in [4.78, 5) is 29.8. The molecule has 0 bridgehead atoms. The largest absolute Gasteiger partial charge is 0.360 e. The smallest absolute Gasteiger partial charge is 0.276 e. The molecule has 1 unspecified atom stereocenters. The second kappa shape index (κ2) is 6.22. The van der Waals surface area contributed by atoms with Gasteiger partial charge < -0.3 is 14.3 Å². The summed E-state index contributed by atoms with van der Waals surface area (Å²) in [6, 6.07) is 1.87. The van der Waals surface area contributed by atoms with E-state index < -0.39 is 5.54 Å². The van der Waals surface area contributed by atoms with E-state index in [1.54, 1.807) is 11.0 Å². The van der Waals surface area contributed by atoms with Crippen LogP contribution in [0.1, 0.15) is 75.5 Å². The van der Waals surface area contributed by atoms with Gasteiger partial charge in [0.05, 0.1) is 0 Å². The quantitative estimate of drug-likeness (QED) is 0.853. The third-order valence-corrected chi connectivity index (χ3v) is 5.32. The molecule has 2 fully saturated rings. The van der Waals surface area contributed by atoms with Gasteiger partial charge in [-0.15, -0.1) is 0 Å². The van der Waals surface area contributed by atoms with E-state index in [0.29, 0.717) is 18.0 Å². The van der Waals surface area contributed by atoms with E-state index in [2.05, 4.69) is 5.16 Å². The Hall–Kier alpha value is -1.85. The summed E-state index contributed by atoms with van der Waals surface area (Å²) in [7, 11) is 0. The normalized spacial score (nSPS) is 24.7. The molecule has 2 saturated heterocycles. The SMILES string of the molecule is CC(C)c1cc(C(=O)N2CCCC23CCCN(C(C)C)C3=O)no1. The van der Waals surface area contributed by atoms with Gasteiger partial charge in [-0.05, 0) is 39.5 Å². The van der Waals surface area contributed by atoms with Crippen LogP contribution in [0.5, 0.6) is 0 Å². The molecule has 0 radical (unpaired) electrons. The van der Waals surface area contributed by atoms with Gasteiger partial charge in [0.15, 0.2) is 5.69 Å². The van der Waals surface area contributed by atoms with Crippen LogP contribution in [0, 0.1) is 0 Å². The number of hydrogen-bond acceptors (Lipinski definition) is 4. The summed E-state index contributed by atoms with van der Waals surface area (Å²) in [6.45, 7) is 9.45. The first-order valence-corrected chi connectivity index (χ1v) is 8.96. The Kier molecular flexibility index (Phi) is 4.40. The maximum atomic E-state index is 13.1. The third kappa shape index (κ3) is 2.62. The molecule has 2 amide bonds. The molecule has 1 spiro atoms. The van der Waals surface area contributed by atoms with Crippen LogP contribution in [-0.4, -0.2) is 51.4 Å². The van der Waals surface area contributed by atoms with Crippen molar-refractivity contribution in [3.8, 4) is 0 Å². The van der Waals surface area contributed by atoms with Crippen molar-refractivity contribution >= 4 is 11.8 Å². The summed E-state index contributed by atoms with van der Waals surface area (Å²) < 4.78 is 5.28. The van der Waals surface area contributed by atoms with Crippen LogP contribution in [0.15, 0.2) is 10.6 Å². The van der Waals surface area contributed by atoms with Gasteiger partial charge in [-0.2, -0.15) is 0 Å². The van der Waals surface area contributed by atoms with E-state index in [4.69, 9.17) is 4.52 Å². The Morgan fingerprint density at radius 1 is 1.21 bits per heavy atom. The van der Waals surface area contributed by atoms with E-state index in [-0.39, 0.29) is 23.8 Å². The highest BCUT2D eigenvalue weighted by molar-refractivity contribution is 5.99. The predicted octanol–water partition coefficient (Wildman–Crippen LogP) is 2.80. The van der Waals surface area contributed by atoms with Crippen LogP contribution in [-0.2, 0) is 4.79 Å². The van der Waals surface area contributed by atoms with Crippen molar-refractivity contribution in [1.82, 2.24) is 15.0 Å². The molecular weight excluding hydrogens is 306 g/mol. The van der Waals surface area contributed by atoms with Crippen molar-refractivity contribution in [2.75, 3.05) is 13.1 Å². The van der Waals surface area contributed by atoms with Crippen LogP contribution in [0.2, 0.25) is 0 Å². The molecule has 132 valence electrons. The summed E-state index contributed by atoms with van der Waals surface area (Å²) in [5.74, 6) is 0.800. The molecule has 6 nitrogen and oxygen atoms in total. The monoisotopic (exact) mass is 333 g/mol. The molecule has 6 heteroatoms. The van der Waals surface area contributed by atoms with Gasteiger partial charge in [-0.3, -0.25) is 9.59 Å². The summed E-state index contributed by atoms with van der Waals surface area (Å²) in [5, 5.41) is 3.95. The van der Waals surface area contributed by atoms with Crippen molar-refractivity contribution in [3.63, 3.8) is 0 Å². The Bertz CT molecular complexity index is 637. The number of nitrogens with zero attached hydrogens (tertiary/aromatic N) is 3. The number of carbonyl (C=O) groups excluding carboxylic acids is 2. The predicted molar refractivity (Wildman–Crippen MR) is 89.7 cm³/mol. The van der Waals surface area contributed by atoms with E-state index in [1.807, 2.05) is 32.6 Å². The number of rotatable bonds is 3. The molecule has 2 aliphatic rings. The minimum Gasteiger partial charge on any atom is -0.360 e. The molecule has 1 aromatic heterocycles. The van der Waals surface area contributed by atoms with Crippen LogP contribution in [0.25, 0.3) is 0 Å². The lowest BCUT2D eigenvalue weighted by Gasteiger charge is -2.45. The number of likely N-dealkylation sites (tertiary alicyclic amines) is 2. The van der Waals surface area contributed by atoms with Gasteiger partial charge in [-0.1, -0.05) is 19.0 Å². The van der Waals surface area contributed by atoms with Gasteiger partial charge >= 0.3 is 0 Å². The first-order chi connectivity index (χ1) is 11.4. The molecule has 2 aliphatic heterocycles. The first-order valence-electron chi connectivity index (χ1n) is 8.96. The fourth-order valence-electron chi connectivity index (χ4n) is 3.97. The number of hydrogen-bond donors (Lipinski definition) is 0. The first kappa shape index (κ1) is 17.0. The Labute approximate surface area is 143 Å². The zero-order valence-electron chi connectivity index (χ0n) is 15.0. The number of aromatic nitrogens is 1. The van der Waals surface area contributed by atoms with Crippen LogP contribution in [0.3, 0.4) is 0 Å². The molecule has 3 heterocycles. The van der Waals surface area contributed by atoms with Gasteiger partial charge in [0, 0.05) is 31.1 Å². The second-order valence-corrected chi connectivity index (χ2v) is 7.56. The van der Waals surface area contributed by atoms with Crippen molar-refractivity contribution in [2.45, 2.75) is 70.9 Å². The molecule has 0 saturated carbocycles. The minimum absolute atomic E-state index is 0.0992. The molecule has 24 heavy (non-hydrogen) atoms. The third-order valence-electron chi connectivity index (χ3n) is 5.32. The summed E-state index contributed by atoms with van der Waals surface area (Å²) in [6.07, 6.45) is 3.29. The lowest BCUT2D eigenvalue weighted by atomic mass is 9.84. The van der Waals surface area contributed by atoms with Crippen molar-refractivity contribution in [2.24, 2.45) is 0 Å². The fourth-order valence-corrected chi connectivity index (χ4v) is 3.97. The van der Waals surface area contributed by atoms with Crippen molar-refractivity contribution in [1.29, 1.82) is 0 Å². The molecule has 1 atom stereocenters. The molecular formula is C18H27N3O3. The second-order valence-electron chi connectivity index (χ2n) is 7.56. The van der Waals surface area contributed by atoms with Crippen molar-refractivity contribution < 1.29 is 14.1 Å². The lowest BCUT2D eigenvalue weighted by Crippen LogP contribution is -2.62. The topological polar surface area (TPSA) is 66.7 Å².